The van der Waals surface area contributed by atoms with Crippen molar-refractivity contribution in [3.8, 4) is 0 Å². The first-order valence-corrected chi connectivity index (χ1v) is 6.18. The molecular formula is C14H14FN3O. The molecule has 3 heterocycles. The molecule has 2 N–H and O–H groups in total. The number of halogens is 1. The molecule has 19 heavy (non-hydrogen) atoms. The maximum Gasteiger partial charge on any atom is 0.152 e. The van der Waals surface area contributed by atoms with Crippen LogP contribution in [0.1, 0.15) is 30.2 Å². The fourth-order valence-corrected chi connectivity index (χ4v) is 2.35. The average Bonchev–Trinajstić information content (AvgIpc) is 3.08. The summed E-state index contributed by atoms with van der Waals surface area (Å²) < 4.78 is 15.5. The Morgan fingerprint density at radius 2 is 2.21 bits per heavy atom. The zero-order valence-electron chi connectivity index (χ0n) is 10.5. The molecule has 3 aromatic rings. The van der Waals surface area contributed by atoms with Gasteiger partial charge in [-0.1, -0.05) is 6.92 Å². The van der Waals surface area contributed by atoms with Crippen LogP contribution in [0.15, 0.2) is 36.7 Å². The molecule has 0 radical (unpaired) electrons. The second-order valence-corrected chi connectivity index (χ2v) is 4.38. The van der Waals surface area contributed by atoms with Crippen LogP contribution in [0.3, 0.4) is 0 Å². The van der Waals surface area contributed by atoms with E-state index in [2.05, 4.69) is 9.97 Å². The Balaban J connectivity index is 2.23. The Labute approximate surface area is 109 Å². The Morgan fingerprint density at radius 1 is 1.37 bits per heavy atom. The number of nitrogens with zero attached hydrogens (tertiary/aromatic N) is 2. The first kappa shape index (κ1) is 11.9. The molecule has 0 bridgehead atoms. The van der Waals surface area contributed by atoms with Crippen LogP contribution < -0.4 is 0 Å². The van der Waals surface area contributed by atoms with E-state index in [0.717, 1.165) is 12.1 Å². The van der Waals surface area contributed by atoms with Gasteiger partial charge >= 0.3 is 0 Å². The maximum absolute atomic E-state index is 13.8. The van der Waals surface area contributed by atoms with Gasteiger partial charge in [0, 0.05) is 18.1 Å². The van der Waals surface area contributed by atoms with Crippen molar-refractivity contribution in [3.63, 3.8) is 0 Å². The number of rotatable bonds is 3. The zero-order chi connectivity index (χ0) is 13.4. The van der Waals surface area contributed by atoms with Crippen LogP contribution in [-0.2, 0) is 6.42 Å². The summed E-state index contributed by atoms with van der Waals surface area (Å²) in [5, 5.41) is 10.4. The highest BCUT2D eigenvalue weighted by atomic mass is 19.1. The van der Waals surface area contributed by atoms with Crippen molar-refractivity contribution in [2.75, 3.05) is 0 Å². The highest BCUT2D eigenvalue weighted by Crippen LogP contribution is 2.24. The SMILES string of the molecule is CCc1ccc2c(F)ccc(C(O)c3ncc[nH]3)n12. The fourth-order valence-electron chi connectivity index (χ4n) is 2.35. The molecular weight excluding hydrogens is 245 g/mol. The van der Waals surface area contributed by atoms with Gasteiger partial charge in [0.2, 0.25) is 0 Å². The summed E-state index contributed by atoms with van der Waals surface area (Å²) in [5.74, 6) is 0.152. The van der Waals surface area contributed by atoms with Gasteiger partial charge in [-0.15, -0.1) is 0 Å². The van der Waals surface area contributed by atoms with Crippen molar-refractivity contribution in [1.82, 2.24) is 14.4 Å². The number of imidazole rings is 1. The lowest BCUT2D eigenvalue weighted by molar-refractivity contribution is 0.204. The molecule has 0 aliphatic carbocycles. The van der Waals surface area contributed by atoms with E-state index >= 15 is 0 Å². The topological polar surface area (TPSA) is 53.3 Å². The number of aromatic amines is 1. The van der Waals surface area contributed by atoms with Gasteiger partial charge < -0.3 is 14.5 Å². The van der Waals surface area contributed by atoms with Crippen LogP contribution in [0.2, 0.25) is 0 Å². The van der Waals surface area contributed by atoms with Crippen LogP contribution in [0, 0.1) is 5.82 Å². The van der Waals surface area contributed by atoms with Crippen molar-refractivity contribution in [2.45, 2.75) is 19.4 Å². The summed E-state index contributed by atoms with van der Waals surface area (Å²) in [6.07, 6.45) is 3.08. The number of aliphatic hydroxyl groups is 1. The summed E-state index contributed by atoms with van der Waals surface area (Å²) in [6, 6.07) is 6.56. The molecule has 0 spiro atoms. The number of fused-ring (bicyclic) bond motifs is 1. The average molecular weight is 259 g/mol. The molecule has 0 amide bonds. The number of aliphatic hydroxyl groups excluding tert-OH is 1. The minimum atomic E-state index is -0.907. The molecule has 1 unspecified atom stereocenters. The molecule has 0 saturated carbocycles. The maximum atomic E-state index is 13.8. The minimum absolute atomic E-state index is 0.296. The van der Waals surface area contributed by atoms with Crippen molar-refractivity contribution < 1.29 is 9.50 Å². The van der Waals surface area contributed by atoms with Gasteiger partial charge in [0.25, 0.3) is 0 Å². The number of aromatic nitrogens is 3. The van der Waals surface area contributed by atoms with Gasteiger partial charge in [-0.2, -0.15) is 0 Å². The quantitative estimate of drug-likeness (QED) is 0.759. The molecule has 5 heteroatoms. The Bertz CT molecular complexity index is 703. The molecule has 1 atom stereocenters. The molecule has 3 aromatic heterocycles. The van der Waals surface area contributed by atoms with Crippen molar-refractivity contribution in [2.24, 2.45) is 0 Å². The molecule has 4 nitrogen and oxygen atoms in total. The fraction of sp³-hybridized carbons (Fsp3) is 0.214. The molecule has 0 fully saturated rings. The van der Waals surface area contributed by atoms with Gasteiger partial charge in [0.1, 0.15) is 11.6 Å². The van der Waals surface area contributed by atoms with Crippen LogP contribution in [0.4, 0.5) is 4.39 Å². The third-order valence-electron chi connectivity index (χ3n) is 3.29. The van der Waals surface area contributed by atoms with Crippen LogP contribution in [0.5, 0.6) is 0 Å². The number of H-pyrrole nitrogens is 1. The molecule has 0 aliphatic heterocycles. The van der Waals surface area contributed by atoms with Crippen molar-refractivity contribution in [3.05, 3.63) is 59.7 Å². The van der Waals surface area contributed by atoms with Gasteiger partial charge in [0.15, 0.2) is 6.10 Å². The summed E-state index contributed by atoms with van der Waals surface area (Å²) in [4.78, 5) is 6.93. The highest BCUT2D eigenvalue weighted by Gasteiger charge is 2.18. The first-order chi connectivity index (χ1) is 9.22. The van der Waals surface area contributed by atoms with E-state index in [4.69, 9.17) is 0 Å². The third kappa shape index (κ3) is 1.82. The Morgan fingerprint density at radius 3 is 2.89 bits per heavy atom. The summed E-state index contributed by atoms with van der Waals surface area (Å²) in [6.45, 7) is 2.00. The second-order valence-electron chi connectivity index (χ2n) is 4.38. The van der Waals surface area contributed by atoms with E-state index in [-0.39, 0.29) is 5.82 Å². The van der Waals surface area contributed by atoms with Crippen molar-refractivity contribution in [1.29, 1.82) is 0 Å². The lowest BCUT2D eigenvalue weighted by atomic mass is 10.2. The van der Waals surface area contributed by atoms with Gasteiger partial charge in [-0.3, -0.25) is 0 Å². The summed E-state index contributed by atoms with van der Waals surface area (Å²) >= 11 is 0. The molecule has 98 valence electrons. The van der Waals surface area contributed by atoms with Crippen molar-refractivity contribution >= 4 is 5.52 Å². The lowest BCUT2D eigenvalue weighted by Crippen LogP contribution is -2.10. The van der Waals surface area contributed by atoms with E-state index in [1.54, 1.807) is 28.9 Å². The normalized spacial score (nSPS) is 13.0. The third-order valence-corrected chi connectivity index (χ3v) is 3.29. The number of aryl methyl sites for hydroxylation is 1. The first-order valence-electron chi connectivity index (χ1n) is 6.18. The Kier molecular flexibility index (Phi) is 2.83. The molecule has 0 aromatic carbocycles. The number of pyridine rings is 1. The monoisotopic (exact) mass is 259 g/mol. The number of hydrogen-bond acceptors (Lipinski definition) is 2. The van der Waals surface area contributed by atoms with E-state index in [9.17, 15) is 9.50 Å². The van der Waals surface area contributed by atoms with Crippen LogP contribution in [-0.4, -0.2) is 19.5 Å². The van der Waals surface area contributed by atoms with Gasteiger partial charge in [-0.05, 0) is 30.7 Å². The predicted molar refractivity (Wildman–Crippen MR) is 69.4 cm³/mol. The zero-order valence-corrected chi connectivity index (χ0v) is 10.5. The van der Waals surface area contributed by atoms with Crippen LogP contribution in [0.25, 0.3) is 5.52 Å². The van der Waals surface area contributed by atoms with Crippen LogP contribution >= 0.6 is 0 Å². The summed E-state index contributed by atoms with van der Waals surface area (Å²) in [7, 11) is 0. The number of nitrogens with one attached hydrogen (secondary N) is 1. The molecule has 0 aliphatic rings. The van der Waals surface area contributed by atoms with Gasteiger partial charge in [0.05, 0.1) is 11.2 Å². The standard InChI is InChI=1S/C14H14FN3O/c1-2-9-3-5-11-10(15)4-6-12(18(9)11)13(19)14-16-7-8-17-14/h3-8,13,19H,2H2,1H3,(H,16,17). The van der Waals surface area contributed by atoms with E-state index in [1.165, 1.54) is 6.07 Å². The Hall–Kier alpha value is -2.14. The van der Waals surface area contributed by atoms with E-state index < -0.39 is 6.10 Å². The molecule has 3 rings (SSSR count). The smallest absolute Gasteiger partial charge is 0.152 e. The van der Waals surface area contributed by atoms with E-state index in [0.29, 0.717) is 17.0 Å². The second kappa shape index (κ2) is 4.51. The largest absolute Gasteiger partial charge is 0.379 e. The summed E-state index contributed by atoms with van der Waals surface area (Å²) in [5.41, 5.74) is 2.03. The molecule has 0 saturated heterocycles. The predicted octanol–water partition coefficient (Wildman–Crippen LogP) is 2.45. The van der Waals surface area contributed by atoms with Gasteiger partial charge in [-0.25, -0.2) is 9.37 Å². The highest BCUT2D eigenvalue weighted by molar-refractivity contribution is 5.53. The minimum Gasteiger partial charge on any atom is -0.379 e. The van der Waals surface area contributed by atoms with E-state index in [1.807, 2.05) is 13.0 Å². The number of hydrogen-bond donors (Lipinski definition) is 2. The lowest BCUT2D eigenvalue weighted by Gasteiger charge is -2.14.